The second kappa shape index (κ2) is 7.74. The summed E-state index contributed by atoms with van der Waals surface area (Å²) < 4.78 is 6.03. The van der Waals surface area contributed by atoms with Crippen molar-refractivity contribution in [2.24, 2.45) is 5.92 Å². The van der Waals surface area contributed by atoms with Crippen molar-refractivity contribution in [2.75, 3.05) is 13.1 Å². The lowest BCUT2D eigenvalue weighted by Gasteiger charge is -2.32. The number of pyridine rings is 1. The number of carbonyl (C=O) groups is 1. The van der Waals surface area contributed by atoms with Crippen LogP contribution < -0.4 is 5.32 Å². The van der Waals surface area contributed by atoms with E-state index in [0.717, 1.165) is 36.6 Å². The minimum Gasteiger partial charge on any atom is -0.371 e. The molecule has 0 aliphatic carbocycles. The van der Waals surface area contributed by atoms with E-state index in [4.69, 9.17) is 16.3 Å². The van der Waals surface area contributed by atoms with Crippen LogP contribution in [0, 0.1) is 5.92 Å². The van der Waals surface area contributed by atoms with Crippen LogP contribution >= 0.6 is 11.6 Å². The highest BCUT2D eigenvalue weighted by Gasteiger charge is 2.44. The maximum Gasteiger partial charge on any atom is 0.226 e. The molecule has 0 unspecified atom stereocenters. The predicted molar refractivity (Wildman–Crippen MR) is 99.6 cm³/mol. The molecule has 3 heterocycles. The van der Waals surface area contributed by atoms with Gasteiger partial charge in [0.25, 0.3) is 0 Å². The quantitative estimate of drug-likeness (QED) is 0.877. The Bertz CT molecular complexity index is 771. The van der Waals surface area contributed by atoms with Crippen molar-refractivity contribution in [1.82, 2.24) is 15.2 Å². The van der Waals surface area contributed by atoms with Gasteiger partial charge in [0.15, 0.2) is 0 Å². The van der Waals surface area contributed by atoms with Gasteiger partial charge in [-0.3, -0.25) is 14.7 Å². The number of aromatic nitrogens is 1. The van der Waals surface area contributed by atoms with E-state index in [1.807, 2.05) is 30.3 Å². The Kier molecular flexibility index (Phi) is 5.20. The molecule has 1 aromatic carbocycles. The molecule has 2 bridgehead atoms. The molecule has 0 radical (unpaired) electrons. The first-order valence-electron chi connectivity index (χ1n) is 8.96. The molecule has 6 heteroatoms. The van der Waals surface area contributed by atoms with Crippen LogP contribution in [0.25, 0.3) is 0 Å². The second-order valence-corrected chi connectivity index (χ2v) is 7.48. The number of likely N-dealkylation sites (tertiary alicyclic amines) is 1. The summed E-state index contributed by atoms with van der Waals surface area (Å²) in [6.07, 6.45) is 4.38. The number of halogens is 1. The van der Waals surface area contributed by atoms with Gasteiger partial charge in [0.05, 0.1) is 18.1 Å². The molecular weight excluding hydrogens is 350 g/mol. The molecule has 4 rings (SSSR count). The van der Waals surface area contributed by atoms with Crippen LogP contribution in [0.5, 0.6) is 0 Å². The molecule has 136 valence electrons. The Hall–Kier alpha value is -1.95. The summed E-state index contributed by atoms with van der Waals surface area (Å²) in [4.78, 5) is 19.1. The number of amides is 1. The van der Waals surface area contributed by atoms with Crippen molar-refractivity contribution in [1.29, 1.82) is 0 Å². The lowest BCUT2D eigenvalue weighted by atomic mass is 9.99. The van der Waals surface area contributed by atoms with Crippen molar-refractivity contribution < 1.29 is 9.53 Å². The molecule has 0 spiro atoms. The Morgan fingerprint density at radius 2 is 2.15 bits per heavy atom. The molecule has 3 atom stereocenters. The lowest BCUT2D eigenvalue weighted by Crippen LogP contribution is -2.44. The van der Waals surface area contributed by atoms with E-state index in [2.05, 4.69) is 21.3 Å². The predicted octanol–water partition coefficient (Wildman–Crippen LogP) is 2.64. The van der Waals surface area contributed by atoms with Crippen molar-refractivity contribution in [3.05, 3.63) is 64.9 Å². The van der Waals surface area contributed by atoms with Crippen LogP contribution in [0.4, 0.5) is 0 Å². The number of carbonyl (C=O) groups excluding carboxylic acids is 1. The first kappa shape index (κ1) is 17.5. The summed E-state index contributed by atoms with van der Waals surface area (Å²) in [6.45, 7) is 2.97. The smallest absolute Gasteiger partial charge is 0.226 e. The van der Waals surface area contributed by atoms with E-state index in [1.54, 1.807) is 12.4 Å². The van der Waals surface area contributed by atoms with Gasteiger partial charge < -0.3 is 10.1 Å². The first-order chi connectivity index (χ1) is 12.7. The lowest BCUT2D eigenvalue weighted by molar-refractivity contribution is -0.128. The highest BCUT2D eigenvalue weighted by Crippen LogP contribution is 2.32. The molecule has 5 nitrogen and oxygen atoms in total. The average molecular weight is 372 g/mol. The van der Waals surface area contributed by atoms with Gasteiger partial charge in [-0.25, -0.2) is 0 Å². The van der Waals surface area contributed by atoms with Gasteiger partial charge in [0.2, 0.25) is 5.91 Å². The van der Waals surface area contributed by atoms with Crippen molar-refractivity contribution in [3.8, 4) is 0 Å². The molecule has 26 heavy (non-hydrogen) atoms. The van der Waals surface area contributed by atoms with Gasteiger partial charge in [-0.15, -0.1) is 0 Å². The van der Waals surface area contributed by atoms with Gasteiger partial charge in [-0.1, -0.05) is 29.8 Å². The van der Waals surface area contributed by atoms with Crippen molar-refractivity contribution in [2.45, 2.75) is 31.7 Å². The van der Waals surface area contributed by atoms with Crippen LogP contribution in [0.1, 0.15) is 17.5 Å². The van der Waals surface area contributed by atoms with Crippen LogP contribution in [-0.2, 0) is 22.6 Å². The molecule has 1 N–H and O–H groups in total. The summed E-state index contributed by atoms with van der Waals surface area (Å²) >= 11 is 6.08. The van der Waals surface area contributed by atoms with E-state index in [9.17, 15) is 4.79 Å². The molecule has 0 saturated carbocycles. The molecule has 1 amide bonds. The minimum absolute atomic E-state index is 0.0400. The summed E-state index contributed by atoms with van der Waals surface area (Å²) in [7, 11) is 0. The zero-order valence-corrected chi connectivity index (χ0v) is 15.2. The van der Waals surface area contributed by atoms with Crippen molar-refractivity contribution >= 4 is 17.5 Å². The third-order valence-electron chi connectivity index (χ3n) is 5.05. The molecule has 2 aliphatic heterocycles. The molecule has 2 aliphatic rings. The Morgan fingerprint density at radius 1 is 1.27 bits per heavy atom. The minimum atomic E-state index is -0.0824. The summed E-state index contributed by atoms with van der Waals surface area (Å²) in [5.41, 5.74) is 2.20. The van der Waals surface area contributed by atoms with E-state index in [-0.39, 0.29) is 24.0 Å². The van der Waals surface area contributed by atoms with Crippen LogP contribution in [0.15, 0.2) is 48.8 Å². The zero-order valence-electron chi connectivity index (χ0n) is 14.5. The molecular formula is C20H22ClN3O2. The van der Waals surface area contributed by atoms with Crippen molar-refractivity contribution in [3.63, 3.8) is 0 Å². The number of fused-ring (bicyclic) bond motifs is 2. The molecule has 2 aromatic rings. The fourth-order valence-electron chi connectivity index (χ4n) is 3.86. The summed E-state index contributed by atoms with van der Waals surface area (Å²) in [5.74, 6) is -0.00742. The van der Waals surface area contributed by atoms with Gasteiger partial charge in [0.1, 0.15) is 0 Å². The number of nitrogens with one attached hydrogen (secondary N) is 1. The van der Waals surface area contributed by atoms with Gasteiger partial charge in [-0.05, 0) is 35.7 Å². The molecule has 1 aromatic heterocycles. The Morgan fingerprint density at radius 3 is 2.96 bits per heavy atom. The van der Waals surface area contributed by atoms with Crippen LogP contribution in [0.3, 0.4) is 0 Å². The number of hydrogen-bond donors (Lipinski definition) is 1. The topological polar surface area (TPSA) is 54.5 Å². The summed E-state index contributed by atoms with van der Waals surface area (Å²) in [6, 6.07) is 11.8. The third kappa shape index (κ3) is 4.06. The zero-order chi connectivity index (χ0) is 17.9. The molecule has 2 saturated heterocycles. The maximum absolute atomic E-state index is 12.6. The normalized spacial score (nSPS) is 25.2. The van der Waals surface area contributed by atoms with Gasteiger partial charge >= 0.3 is 0 Å². The number of benzene rings is 1. The van der Waals surface area contributed by atoms with Crippen LogP contribution in [-0.4, -0.2) is 41.1 Å². The number of rotatable bonds is 5. The van der Waals surface area contributed by atoms with E-state index in [1.165, 1.54) is 5.56 Å². The number of nitrogens with zero attached hydrogens (tertiary/aromatic N) is 2. The number of ether oxygens (including phenoxy) is 1. The summed E-state index contributed by atoms with van der Waals surface area (Å²) in [5, 5.41) is 3.79. The fraction of sp³-hybridized carbons (Fsp3) is 0.400. The SMILES string of the molecule is O=C(NCc1cccnc1)[C@@H]1C[C@H]2CN(Cc3cccc(Cl)c3)C[C@H]1O2. The highest BCUT2D eigenvalue weighted by atomic mass is 35.5. The number of morpholine rings is 1. The standard InChI is InChI=1S/C20H22ClN3O2/c21-16-5-1-3-14(7-16)11-24-12-17-8-18(19(13-24)26-17)20(25)23-10-15-4-2-6-22-9-15/h1-7,9,17-19H,8,10-13H2,(H,23,25)/t17-,18+,19+/m0/s1. The number of hydrogen-bond acceptors (Lipinski definition) is 4. The Balaban J connectivity index is 1.34. The van der Waals surface area contributed by atoms with Gasteiger partial charge in [-0.2, -0.15) is 0 Å². The van der Waals surface area contributed by atoms with E-state index >= 15 is 0 Å². The monoisotopic (exact) mass is 371 g/mol. The molecule has 2 fully saturated rings. The van der Waals surface area contributed by atoms with E-state index in [0.29, 0.717) is 6.54 Å². The van der Waals surface area contributed by atoms with Gasteiger partial charge in [0, 0.05) is 43.6 Å². The fourth-order valence-corrected chi connectivity index (χ4v) is 4.07. The third-order valence-corrected chi connectivity index (χ3v) is 5.29. The van der Waals surface area contributed by atoms with Crippen LogP contribution in [0.2, 0.25) is 5.02 Å². The highest BCUT2D eigenvalue weighted by molar-refractivity contribution is 6.30. The maximum atomic E-state index is 12.6. The average Bonchev–Trinajstić information content (AvgIpc) is 2.95. The largest absolute Gasteiger partial charge is 0.371 e. The second-order valence-electron chi connectivity index (χ2n) is 7.04. The first-order valence-corrected chi connectivity index (χ1v) is 9.34. The Labute approximate surface area is 158 Å². The van der Waals surface area contributed by atoms with E-state index < -0.39 is 0 Å².